The average Bonchev–Trinajstić information content (AvgIpc) is 2.43. The monoisotopic (exact) mass is 247 g/mol. The van der Waals surface area contributed by atoms with Gasteiger partial charge in [0.25, 0.3) is 0 Å². The summed E-state index contributed by atoms with van der Waals surface area (Å²) in [7, 11) is 0. The van der Waals surface area contributed by atoms with Crippen LogP contribution in [0.1, 0.15) is 75.5 Å². The number of nitrogens with zero attached hydrogens (tertiary/aromatic N) is 2. The minimum Gasteiger partial charge on any atom is -0.310 e. The van der Waals surface area contributed by atoms with Gasteiger partial charge in [0, 0.05) is 29.4 Å². The lowest BCUT2D eigenvalue weighted by atomic mass is 9.92. The highest BCUT2D eigenvalue weighted by atomic mass is 14.9. The van der Waals surface area contributed by atoms with E-state index in [1.807, 2.05) is 0 Å². The molecule has 1 aromatic heterocycles. The second kappa shape index (κ2) is 6.28. The van der Waals surface area contributed by atoms with Crippen molar-refractivity contribution >= 4 is 0 Å². The quantitative estimate of drug-likeness (QED) is 0.867. The SMILES string of the molecule is CCCNC1CCCc2nc(C(C)CC)ncc21. The van der Waals surface area contributed by atoms with Gasteiger partial charge in [-0.1, -0.05) is 20.8 Å². The van der Waals surface area contributed by atoms with Crippen LogP contribution in [0.3, 0.4) is 0 Å². The fourth-order valence-corrected chi connectivity index (χ4v) is 2.51. The molecule has 1 heterocycles. The molecule has 18 heavy (non-hydrogen) atoms. The van der Waals surface area contributed by atoms with Crippen LogP contribution in [0.25, 0.3) is 0 Å². The standard InChI is InChI=1S/C15H25N3/c1-4-9-16-13-7-6-8-14-12(13)10-17-15(18-14)11(3)5-2/h10-11,13,16H,4-9H2,1-3H3. The van der Waals surface area contributed by atoms with Crippen molar-refractivity contribution in [2.24, 2.45) is 0 Å². The van der Waals surface area contributed by atoms with Crippen LogP contribution in [-0.4, -0.2) is 16.5 Å². The number of hydrogen-bond donors (Lipinski definition) is 1. The first-order valence-electron chi connectivity index (χ1n) is 7.35. The third-order valence-corrected chi connectivity index (χ3v) is 3.89. The van der Waals surface area contributed by atoms with Crippen LogP contribution in [0.5, 0.6) is 0 Å². The maximum absolute atomic E-state index is 4.79. The number of nitrogens with one attached hydrogen (secondary N) is 1. The Morgan fingerprint density at radius 1 is 1.44 bits per heavy atom. The Morgan fingerprint density at radius 3 is 3.00 bits per heavy atom. The normalized spacial score (nSPS) is 20.5. The molecule has 0 spiro atoms. The number of fused-ring (bicyclic) bond motifs is 1. The van der Waals surface area contributed by atoms with E-state index in [0.717, 1.165) is 25.2 Å². The molecule has 1 aliphatic rings. The van der Waals surface area contributed by atoms with Gasteiger partial charge in [0.1, 0.15) is 5.82 Å². The van der Waals surface area contributed by atoms with Crippen LogP contribution >= 0.6 is 0 Å². The van der Waals surface area contributed by atoms with Gasteiger partial charge in [-0.05, 0) is 38.6 Å². The lowest BCUT2D eigenvalue weighted by molar-refractivity contribution is 0.450. The van der Waals surface area contributed by atoms with Gasteiger partial charge in [0.2, 0.25) is 0 Å². The third-order valence-electron chi connectivity index (χ3n) is 3.89. The lowest BCUT2D eigenvalue weighted by Crippen LogP contribution is -2.27. The Bertz CT molecular complexity index is 389. The molecular weight excluding hydrogens is 222 g/mol. The zero-order chi connectivity index (χ0) is 13.0. The van der Waals surface area contributed by atoms with E-state index in [0.29, 0.717) is 12.0 Å². The summed E-state index contributed by atoms with van der Waals surface area (Å²) in [5.41, 5.74) is 2.61. The Labute approximate surface area is 110 Å². The van der Waals surface area contributed by atoms with Gasteiger partial charge < -0.3 is 5.32 Å². The van der Waals surface area contributed by atoms with Gasteiger partial charge in [-0.2, -0.15) is 0 Å². The number of aromatic nitrogens is 2. The van der Waals surface area contributed by atoms with Gasteiger partial charge in [0.05, 0.1) is 0 Å². The van der Waals surface area contributed by atoms with E-state index in [1.54, 1.807) is 0 Å². The Kier molecular flexibility index (Phi) is 4.70. The average molecular weight is 247 g/mol. The van der Waals surface area contributed by atoms with Gasteiger partial charge in [0.15, 0.2) is 0 Å². The molecule has 2 atom stereocenters. The van der Waals surface area contributed by atoms with Crippen LogP contribution < -0.4 is 5.32 Å². The van der Waals surface area contributed by atoms with Crippen molar-refractivity contribution in [1.29, 1.82) is 0 Å². The van der Waals surface area contributed by atoms with Gasteiger partial charge in [-0.3, -0.25) is 0 Å². The molecule has 2 unspecified atom stereocenters. The van der Waals surface area contributed by atoms with Crippen LogP contribution in [0.2, 0.25) is 0 Å². The minimum atomic E-state index is 0.472. The van der Waals surface area contributed by atoms with Gasteiger partial charge in [-0.15, -0.1) is 0 Å². The minimum absolute atomic E-state index is 0.472. The van der Waals surface area contributed by atoms with Crippen molar-refractivity contribution in [3.05, 3.63) is 23.3 Å². The summed E-state index contributed by atoms with van der Waals surface area (Å²) < 4.78 is 0. The largest absolute Gasteiger partial charge is 0.310 e. The predicted molar refractivity (Wildman–Crippen MR) is 74.7 cm³/mol. The summed E-state index contributed by atoms with van der Waals surface area (Å²) in [6.45, 7) is 7.69. The molecule has 1 aliphatic carbocycles. The lowest BCUT2D eigenvalue weighted by Gasteiger charge is -2.26. The fourth-order valence-electron chi connectivity index (χ4n) is 2.51. The summed E-state index contributed by atoms with van der Waals surface area (Å²) >= 11 is 0. The van der Waals surface area contributed by atoms with Gasteiger partial charge in [-0.25, -0.2) is 9.97 Å². The molecule has 1 aromatic rings. The molecule has 0 radical (unpaired) electrons. The highest BCUT2D eigenvalue weighted by molar-refractivity contribution is 5.25. The first-order valence-corrected chi connectivity index (χ1v) is 7.35. The Morgan fingerprint density at radius 2 is 2.28 bits per heavy atom. The second-order valence-corrected chi connectivity index (χ2v) is 5.34. The van der Waals surface area contributed by atoms with E-state index < -0.39 is 0 Å². The molecule has 0 bridgehead atoms. The first kappa shape index (κ1) is 13.5. The molecular formula is C15H25N3. The summed E-state index contributed by atoms with van der Waals surface area (Å²) in [5, 5.41) is 3.61. The second-order valence-electron chi connectivity index (χ2n) is 5.34. The van der Waals surface area contributed by atoms with Crippen molar-refractivity contribution in [2.45, 2.75) is 64.8 Å². The maximum Gasteiger partial charge on any atom is 0.131 e. The van der Waals surface area contributed by atoms with E-state index >= 15 is 0 Å². The van der Waals surface area contributed by atoms with E-state index in [9.17, 15) is 0 Å². The molecule has 1 N–H and O–H groups in total. The number of rotatable bonds is 5. The highest BCUT2D eigenvalue weighted by Crippen LogP contribution is 2.29. The molecule has 0 saturated carbocycles. The molecule has 100 valence electrons. The summed E-state index contributed by atoms with van der Waals surface area (Å²) in [5.74, 6) is 1.49. The Balaban J connectivity index is 2.19. The maximum atomic E-state index is 4.79. The molecule has 3 nitrogen and oxygen atoms in total. The van der Waals surface area contributed by atoms with E-state index in [1.165, 1.54) is 30.5 Å². The first-order chi connectivity index (χ1) is 8.76. The fraction of sp³-hybridized carbons (Fsp3) is 0.733. The van der Waals surface area contributed by atoms with Crippen molar-refractivity contribution in [3.8, 4) is 0 Å². The predicted octanol–water partition coefficient (Wildman–Crippen LogP) is 3.37. The third kappa shape index (κ3) is 2.89. The molecule has 2 rings (SSSR count). The van der Waals surface area contributed by atoms with Gasteiger partial charge >= 0.3 is 0 Å². The molecule has 0 aliphatic heterocycles. The van der Waals surface area contributed by atoms with E-state index in [2.05, 4.69) is 37.3 Å². The van der Waals surface area contributed by atoms with Crippen molar-refractivity contribution < 1.29 is 0 Å². The van der Waals surface area contributed by atoms with Crippen LogP contribution in [0, 0.1) is 0 Å². The van der Waals surface area contributed by atoms with E-state index in [4.69, 9.17) is 4.98 Å². The molecule has 0 aromatic carbocycles. The van der Waals surface area contributed by atoms with Crippen LogP contribution in [0.15, 0.2) is 6.20 Å². The molecule has 3 heteroatoms. The van der Waals surface area contributed by atoms with Crippen LogP contribution in [-0.2, 0) is 6.42 Å². The zero-order valence-electron chi connectivity index (χ0n) is 11.9. The number of aryl methyl sites for hydroxylation is 1. The molecule has 0 amide bonds. The topological polar surface area (TPSA) is 37.8 Å². The van der Waals surface area contributed by atoms with E-state index in [-0.39, 0.29) is 0 Å². The zero-order valence-corrected chi connectivity index (χ0v) is 11.9. The summed E-state index contributed by atoms with van der Waals surface area (Å²) in [6.07, 6.45) is 7.93. The highest BCUT2D eigenvalue weighted by Gasteiger charge is 2.22. The van der Waals surface area contributed by atoms with Crippen molar-refractivity contribution in [3.63, 3.8) is 0 Å². The molecule has 0 fully saturated rings. The Hall–Kier alpha value is -0.960. The van der Waals surface area contributed by atoms with Crippen molar-refractivity contribution in [1.82, 2.24) is 15.3 Å². The smallest absolute Gasteiger partial charge is 0.131 e. The van der Waals surface area contributed by atoms with Crippen molar-refractivity contribution in [2.75, 3.05) is 6.54 Å². The van der Waals surface area contributed by atoms with Crippen LogP contribution in [0.4, 0.5) is 0 Å². The number of hydrogen-bond acceptors (Lipinski definition) is 3. The molecule has 0 saturated heterocycles. The summed E-state index contributed by atoms with van der Waals surface area (Å²) in [6, 6.07) is 0.472. The summed E-state index contributed by atoms with van der Waals surface area (Å²) in [4.78, 5) is 9.36.